The molecule has 0 bridgehead atoms. The largest absolute Gasteiger partial charge is 0.508 e. The summed E-state index contributed by atoms with van der Waals surface area (Å²) < 4.78 is 4.69. The van der Waals surface area contributed by atoms with Gasteiger partial charge in [0.15, 0.2) is 0 Å². The summed E-state index contributed by atoms with van der Waals surface area (Å²) in [6, 6.07) is 4.29. The third-order valence-electron chi connectivity index (χ3n) is 2.00. The van der Waals surface area contributed by atoms with E-state index in [1.54, 1.807) is 13.0 Å². The molecule has 0 spiro atoms. The van der Waals surface area contributed by atoms with Crippen molar-refractivity contribution in [1.82, 2.24) is 0 Å². The maximum Gasteiger partial charge on any atom is 0.310 e. The molecule has 0 saturated carbocycles. The Kier molecular flexibility index (Phi) is 3.72. The molecule has 1 aromatic carbocycles. The van der Waals surface area contributed by atoms with E-state index in [9.17, 15) is 15.0 Å². The molecular weight excluding hydrogens is 210 g/mol. The number of esters is 1. The summed E-state index contributed by atoms with van der Waals surface area (Å²) >= 11 is 0. The van der Waals surface area contributed by atoms with Crippen molar-refractivity contribution >= 4 is 5.97 Å². The lowest BCUT2D eigenvalue weighted by molar-refractivity contribution is -0.142. The summed E-state index contributed by atoms with van der Waals surface area (Å²) in [7, 11) is 0. The van der Waals surface area contributed by atoms with Gasteiger partial charge in [0.1, 0.15) is 17.6 Å². The van der Waals surface area contributed by atoms with Gasteiger partial charge in [-0.3, -0.25) is 4.79 Å². The van der Waals surface area contributed by atoms with E-state index >= 15 is 0 Å². The Morgan fingerprint density at radius 2 is 2.19 bits per heavy atom. The number of nitriles is 1. The second kappa shape index (κ2) is 5.03. The van der Waals surface area contributed by atoms with E-state index in [1.807, 2.05) is 0 Å². The third-order valence-corrected chi connectivity index (χ3v) is 2.00. The normalized spacial score (nSPS) is 9.50. The van der Waals surface area contributed by atoms with Crippen molar-refractivity contribution in [2.75, 3.05) is 6.61 Å². The molecule has 16 heavy (non-hydrogen) atoms. The fourth-order valence-electron chi connectivity index (χ4n) is 1.25. The van der Waals surface area contributed by atoms with Crippen molar-refractivity contribution < 1.29 is 19.7 Å². The molecule has 0 radical (unpaired) electrons. The van der Waals surface area contributed by atoms with Crippen molar-refractivity contribution in [3.63, 3.8) is 0 Å². The molecule has 0 unspecified atom stereocenters. The molecule has 1 rings (SSSR count). The molecule has 0 aliphatic heterocycles. The minimum Gasteiger partial charge on any atom is -0.508 e. The third kappa shape index (κ3) is 2.42. The van der Waals surface area contributed by atoms with Crippen LogP contribution in [0, 0.1) is 11.3 Å². The Bertz CT molecular complexity index is 448. The predicted molar refractivity (Wildman–Crippen MR) is 54.8 cm³/mol. The van der Waals surface area contributed by atoms with Gasteiger partial charge < -0.3 is 14.9 Å². The number of rotatable bonds is 3. The van der Waals surface area contributed by atoms with Gasteiger partial charge in [-0.05, 0) is 19.1 Å². The zero-order valence-corrected chi connectivity index (χ0v) is 8.73. The van der Waals surface area contributed by atoms with Gasteiger partial charge in [-0.25, -0.2) is 0 Å². The molecule has 5 nitrogen and oxygen atoms in total. The molecule has 0 amide bonds. The standard InChI is InChI=1S/C11H11NO4/c1-2-16-10(14)5-8-9(13)4-3-7(6-12)11(8)15/h3-4,13,15H,2,5H2,1H3. The quantitative estimate of drug-likeness (QED) is 0.745. The number of hydrogen-bond donors (Lipinski definition) is 2. The molecule has 0 heterocycles. The Morgan fingerprint density at radius 1 is 1.50 bits per heavy atom. The van der Waals surface area contributed by atoms with Gasteiger partial charge >= 0.3 is 5.97 Å². The molecule has 5 heteroatoms. The summed E-state index contributed by atoms with van der Waals surface area (Å²) in [6.07, 6.45) is -0.263. The first-order chi connectivity index (χ1) is 7.60. The molecule has 0 fully saturated rings. The second-order valence-electron chi connectivity index (χ2n) is 3.05. The molecule has 84 valence electrons. The van der Waals surface area contributed by atoms with Crippen molar-refractivity contribution in [3.8, 4) is 17.6 Å². The van der Waals surface area contributed by atoms with Crippen molar-refractivity contribution in [3.05, 3.63) is 23.3 Å². The van der Waals surface area contributed by atoms with Gasteiger partial charge in [0.05, 0.1) is 18.6 Å². The van der Waals surface area contributed by atoms with E-state index < -0.39 is 5.97 Å². The molecule has 1 aromatic rings. The summed E-state index contributed by atoms with van der Waals surface area (Å²) in [6.45, 7) is 1.88. The summed E-state index contributed by atoms with van der Waals surface area (Å²) in [5, 5.41) is 27.7. The maximum atomic E-state index is 11.2. The fourth-order valence-corrected chi connectivity index (χ4v) is 1.25. The number of carbonyl (C=O) groups excluding carboxylic acids is 1. The smallest absolute Gasteiger partial charge is 0.310 e. The Hall–Kier alpha value is -2.22. The zero-order valence-electron chi connectivity index (χ0n) is 8.73. The number of aromatic hydroxyl groups is 2. The molecule has 0 aliphatic rings. The van der Waals surface area contributed by atoms with Crippen LogP contribution in [-0.2, 0) is 16.0 Å². The van der Waals surface area contributed by atoms with Crippen molar-refractivity contribution in [1.29, 1.82) is 5.26 Å². The van der Waals surface area contributed by atoms with E-state index in [0.717, 1.165) is 0 Å². The Labute approximate surface area is 92.5 Å². The van der Waals surface area contributed by atoms with Crippen LogP contribution in [0.1, 0.15) is 18.1 Å². The first kappa shape index (κ1) is 11.9. The second-order valence-corrected chi connectivity index (χ2v) is 3.05. The van der Waals surface area contributed by atoms with Gasteiger partial charge in [0.25, 0.3) is 0 Å². The topological polar surface area (TPSA) is 90.5 Å². The number of carbonyl (C=O) groups is 1. The van der Waals surface area contributed by atoms with Crippen LogP contribution in [0.25, 0.3) is 0 Å². The van der Waals surface area contributed by atoms with Crippen molar-refractivity contribution in [2.45, 2.75) is 13.3 Å². The average molecular weight is 221 g/mol. The van der Waals surface area contributed by atoms with Crippen LogP contribution < -0.4 is 0 Å². The minimum absolute atomic E-state index is 0.0112. The maximum absolute atomic E-state index is 11.2. The van der Waals surface area contributed by atoms with E-state index in [1.165, 1.54) is 12.1 Å². The Balaban J connectivity index is 3.04. The van der Waals surface area contributed by atoms with E-state index in [2.05, 4.69) is 4.74 Å². The lowest BCUT2D eigenvalue weighted by Crippen LogP contribution is -2.08. The van der Waals surface area contributed by atoms with E-state index in [-0.39, 0.29) is 35.7 Å². The van der Waals surface area contributed by atoms with Crippen LogP contribution in [0.2, 0.25) is 0 Å². The number of ether oxygens (including phenoxy) is 1. The SMILES string of the molecule is CCOC(=O)Cc1c(O)ccc(C#N)c1O. The van der Waals surface area contributed by atoms with Gasteiger partial charge in [0.2, 0.25) is 0 Å². The first-order valence-corrected chi connectivity index (χ1v) is 4.69. The zero-order chi connectivity index (χ0) is 12.1. The van der Waals surface area contributed by atoms with E-state index in [4.69, 9.17) is 5.26 Å². The van der Waals surface area contributed by atoms with Crippen LogP contribution in [0.5, 0.6) is 11.5 Å². The van der Waals surface area contributed by atoms with Gasteiger partial charge in [0, 0.05) is 5.56 Å². The van der Waals surface area contributed by atoms with Crippen LogP contribution >= 0.6 is 0 Å². The number of benzene rings is 1. The molecule has 2 N–H and O–H groups in total. The fraction of sp³-hybridized carbons (Fsp3) is 0.273. The van der Waals surface area contributed by atoms with Crippen molar-refractivity contribution in [2.24, 2.45) is 0 Å². The van der Waals surface area contributed by atoms with Crippen LogP contribution in [0.15, 0.2) is 12.1 Å². The average Bonchev–Trinajstić information content (AvgIpc) is 2.25. The number of phenols is 2. The van der Waals surface area contributed by atoms with Gasteiger partial charge in [-0.15, -0.1) is 0 Å². The summed E-state index contributed by atoms with van der Waals surface area (Å²) in [5.41, 5.74) is 0.0228. The van der Waals surface area contributed by atoms with Gasteiger partial charge in [-0.1, -0.05) is 0 Å². The highest BCUT2D eigenvalue weighted by atomic mass is 16.5. The predicted octanol–water partition coefficient (Wildman–Crippen LogP) is 1.08. The molecule has 0 aliphatic carbocycles. The summed E-state index contributed by atoms with van der Waals surface area (Å²) in [5.74, 6) is -1.18. The highest BCUT2D eigenvalue weighted by molar-refractivity contribution is 5.75. The molecule has 0 aromatic heterocycles. The number of hydrogen-bond acceptors (Lipinski definition) is 5. The minimum atomic E-state index is -0.566. The summed E-state index contributed by atoms with van der Waals surface area (Å²) in [4.78, 5) is 11.2. The number of nitrogens with zero attached hydrogens (tertiary/aromatic N) is 1. The molecule has 0 atom stereocenters. The Morgan fingerprint density at radius 3 is 2.75 bits per heavy atom. The monoisotopic (exact) mass is 221 g/mol. The highest BCUT2D eigenvalue weighted by Crippen LogP contribution is 2.30. The van der Waals surface area contributed by atoms with Crippen LogP contribution in [-0.4, -0.2) is 22.8 Å². The lowest BCUT2D eigenvalue weighted by Gasteiger charge is -2.07. The highest BCUT2D eigenvalue weighted by Gasteiger charge is 2.16. The van der Waals surface area contributed by atoms with E-state index in [0.29, 0.717) is 0 Å². The lowest BCUT2D eigenvalue weighted by atomic mass is 10.1. The molecule has 0 saturated heterocycles. The first-order valence-electron chi connectivity index (χ1n) is 4.69. The van der Waals surface area contributed by atoms with Gasteiger partial charge in [-0.2, -0.15) is 5.26 Å². The number of phenolic OH excluding ortho intramolecular Hbond substituents is 2. The molecular formula is C11H11NO4. The van der Waals surface area contributed by atoms with Crippen LogP contribution in [0.4, 0.5) is 0 Å². The van der Waals surface area contributed by atoms with Crippen LogP contribution in [0.3, 0.4) is 0 Å².